The lowest BCUT2D eigenvalue weighted by Gasteiger charge is -2.21. The molecular weight excluding hydrogens is 1390 g/mol. The number of aliphatic hydroxyl groups is 1. The molecule has 0 aromatic heterocycles. The second-order valence-corrected chi connectivity index (χ2v) is 34.5. The minimum Gasteiger partial charge on any atom is -0.462 e. The van der Waals surface area contributed by atoms with E-state index >= 15 is 0 Å². The predicted molar refractivity (Wildman–Crippen MR) is 442 cm³/mol. The van der Waals surface area contributed by atoms with Gasteiger partial charge in [0.15, 0.2) is 12.2 Å². The van der Waals surface area contributed by atoms with Gasteiger partial charge in [-0.1, -0.05) is 432 Å². The summed E-state index contributed by atoms with van der Waals surface area (Å²) in [4.78, 5) is 73.3. The molecule has 0 amide bonds. The number of carbonyl (C=O) groups excluding carboxylic acids is 4. The van der Waals surface area contributed by atoms with Gasteiger partial charge in [-0.3, -0.25) is 37.3 Å². The second kappa shape index (κ2) is 82.1. The maximum Gasteiger partial charge on any atom is 0.472 e. The molecule has 0 aromatic carbocycles. The monoisotopic (exact) mass is 1560 g/mol. The zero-order chi connectivity index (χ0) is 78.1. The molecule has 107 heavy (non-hydrogen) atoms. The number of esters is 4. The van der Waals surface area contributed by atoms with Crippen molar-refractivity contribution in [3.63, 3.8) is 0 Å². The van der Waals surface area contributed by atoms with E-state index in [2.05, 4.69) is 27.7 Å². The van der Waals surface area contributed by atoms with Gasteiger partial charge in [0.05, 0.1) is 26.4 Å². The molecule has 636 valence electrons. The molecule has 0 fully saturated rings. The number of aliphatic hydroxyl groups excluding tert-OH is 1. The van der Waals surface area contributed by atoms with E-state index in [0.29, 0.717) is 25.7 Å². The minimum atomic E-state index is -4.97. The third-order valence-corrected chi connectivity index (χ3v) is 22.8. The lowest BCUT2D eigenvalue weighted by atomic mass is 10.0. The van der Waals surface area contributed by atoms with Crippen LogP contribution in [0.25, 0.3) is 0 Å². The van der Waals surface area contributed by atoms with Crippen molar-refractivity contribution in [2.24, 2.45) is 0 Å². The molecule has 0 spiro atoms. The van der Waals surface area contributed by atoms with Crippen molar-refractivity contribution in [2.75, 3.05) is 39.6 Å². The third kappa shape index (κ3) is 81.9. The van der Waals surface area contributed by atoms with E-state index in [4.69, 9.17) is 37.0 Å². The Morgan fingerprint density at radius 1 is 0.224 bits per heavy atom. The lowest BCUT2D eigenvalue weighted by Crippen LogP contribution is -2.30. The number of rotatable bonds is 89. The van der Waals surface area contributed by atoms with Crippen molar-refractivity contribution in [1.82, 2.24) is 0 Å². The van der Waals surface area contributed by atoms with Crippen molar-refractivity contribution in [1.29, 1.82) is 0 Å². The minimum absolute atomic E-state index is 0.110. The Hall–Kier alpha value is -1.94. The largest absolute Gasteiger partial charge is 0.472 e. The van der Waals surface area contributed by atoms with Crippen LogP contribution in [0.2, 0.25) is 0 Å². The molecule has 0 aliphatic heterocycles. The smallest absolute Gasteiger partial charge is 0.462 e. The summed E-state index contributed by atoms with van der Waals surface area (Å²) in [5, 5.41) is 10.7. The Morgan fingerprint density at radius 3 is 0.551 bits per heavy atom. The molecule has 17 nitrogen and oxygen atoms in total. The zero-order valence-corrected chi connectivity index (χ0v) is 71.9. The highest BCUT2D eigenvalue weighted by Crippen LogP contribution is 2.45. The Balaban J connectivity index is 5.25. The molecule has 0 bridgehead atoms. The van der Waals surface area contributed by atoms with Gasteiger partial charge < -0.3 is 33.8 Å². The standard InChI is InChI=1S/C88H172O17P2/c1-5-9-13-17-21-25-29-33-36-39-42-45-48-51-55-59-63-67-71-75-88(93)105-84(79-99-86(91)73-69-65-61-57-53-49-46-43-40-37-34-30-26-22-18-14-10-6-2)81-103-107(96,97)101-77-82(89)76-100-106(94,95)102-80-83(78-98-85(90)72-68-64-60-56-52-32-28-24-20-16-12-8-4)104-87(92)74-70-66-62-58-54-50-47-44-41-38-35-31-27-23-19-15-11-7-3/h82-84,89H,5-81H2,1-4H3,(H,94,95)(H,96,97)/t82-,83+,84+/m0/s1. The summed E-state index contributed by atoms with van der Waals surface area (Å²) in [5.41, 5.74) is 0. The number of phosphoric ester groups is 2. The van der Waals surface area contributed by atoms with Crippen LogP contribution in [-0.4, -0.2) is 96.7 Å². The Labute approximate surface area is 658 Å². The SMILES string of the molecule is CCCCCCCCCCCCCCCCCCCCCC(=O)O[C@H](COC(=O)CCCCCCCCCCCCCCCCCCCC)COP(=O)(O)OC[C@@H](O)COP(=O)(O)OC[C@@H](COC(=O)CCCCCCCCCCCCCC)OC(=O)CCCCCCCCCCCCCCCCCCCC. The van der Waals surface area contributed by atoms with Crippen LogP contribution in [0.3, 0.4) is 0 Å². The molecule has 0 saturated carbocycles. The number of hydrogen-bond acceptors (Lipinski definition) is 15. The maximum atomic E-state index is 13.2. The van der Waals surface area contributed by atoms with Gasteiger partial charge in [-0.05, 0) is 25.7 Å². The number of phosphoric acid groups is 2. The van der Waals surface area contributed by atoms with Gasteiger partial charge in [0.1, 0.15) is 19.3 Å². The number of unbranched alkanes of at least 4 members (excludes halogenated alkanes) is 63. The van der Waals surface area contributed by atoms with Crippen LogP contribution < -0.4 is 0 Å². The van der Waals surface area contributed by atoms with E-state index < -0.39 is 97.5 Å². The summed E-state index contributed by atoms with van der Waals surface area (Å²) in [6.45, 7) is 5.08. The van der Waals surface area contributed by atoms with Crippen LogP contribution in [0.1, 0.15) is 484 Å². The van der Waals surface area contributed by atoms with E-state index in [1.807, 2.05) is 0 Å². The topological polar surface area (TPSA) is 237 Å². The summed E-state index contributed by atoms with van der Waals surface area (Å²) in [5.74, 6) is -2.09. The normalized spacial score (nSPS) is 13.7. The summed E-state index contributed by atoms with van der Waals surface area (Å²) in [6.07, 6.45) is 77.7. The summed E-state index contributed by atoms with van der Waals surface area (Å²) in [6, 6.07) is 0. The molecule has 0 aliphatic rings. The third-order valence-electron chi connectivity index (χ3n) is 20.9. The number of hydrogen-bond donors (Lipinski definition) is 3. The maximum absolute atomic E-state index is 13.2. The van der Waals surface area contributed by atoms with Crippen molar-refractivity contribution in [3.05, 3.63) is 0 Å². The quantitative estimate of drug-likeness (QED) is 0.0222. The second-order valence-electron chi connectivity index (χ2n) is 31.6. The van der Waals surface area contributed by atoms with Crippen LogP contribution >= 0.6 is 15.6 Å². The molecule has 0 aromatic rings. The van der Waals surface area contributed by atoms with Crippen LogP contribution in [0, 0.1) is 0 Å². The van der Waals surface area contributed by atoms with Crippen LogP contribution in [-0.2, 0) is 65.4 Å². The summed E-state index contributed by atoms with van der Waals surface area (Å²) in [7, 11) is -9.93. The highest BCUT2D eigenvalue weighted by atomic mass is 31.2. The van der Waals surface area contributed by atoms with Crippen LogP contribution in [0.4, 0.5) is 0 Å². The van der Waals surface area contributed by atoms with Gasteiger partial charge >= 0.3 is 39.5 Å². The molecule has 2 unspecified atom stereocenters. The van der Waals surface area contributed by atoms with Gasteiger partial charge in [0.2, 0.25) is 0 Å². The van der Waals surface area contributed by atoms with Gasteiger partial charge in [-0.2, -0.15) is 0 Å². The molecule has 19 heteroatoms. The fourth-order valence-corrected chi connectivity index (χ4v) is 15.5. The highest BCUT2D eigenvalue weighted by Gasteiger charge is 2.30. The lowest BCUT2D eigenvalue weighted by molar-refractivity contribution is -0.161. The average Bonchev–Trinajstić information content (AvgIpc) is 0.902. The fraction of sp³-hybridized carbons (Fsp3) is 0.955. The molecule has 0 heterocycles. The summed E-state index contributed by atoms with van der Waals surface area (Å²) >= 11 is 0. The van der Waals surface area contributed by atoms with Crippen LogP contribution in [0.5, 0.6) is 0 Å². The molecule has 0 aliphatic carbocycles. The van der Waals surface area contributed by atoms with E-state index in [9.17, 15) is 43.2 Å². The molecule has 0 rings (SSSR count). The summed E-state index contributed by atoms with van der Waals surface area (Å²) < 4.78 is 69.0. The molecule has 0 saturated heterocycles. The van der Waals surface area contributed by atoms with Crippen molar-refractivity contribution in [3.8, 4) is 0 Å². The van der Waals surface area contributed by atoms with Gasteiger partial charge in [0, 0.05) is 25.7 Å². The van der Waals surface area contributed by atoms with Crippen LogP contribution in [0.15, 0.2) is 0 Å². The molecule has 3 N–H and O–H groups in total. The van der Waals surface area contributed by atoms with Gasteiger partial charge in [-0.15, -0.1) is 0 Å². The fourth-order valence-electron chi connectivity index (χ4n) is 13.9. The predicted octanol–water partition coefficient (Wildman–Crippen LogP) is 27.3. The molecular formula is C88H172O17P2. The van der Waals surface area contributed by atoms with E-state index in [1.54, 1.807) is 0 Å². The van der Waals surface area contributed by atoms with Crippen molar-refractivity contribution < 1.29 is 80.2 Å². The first kappa shape index (κ1) is 105. The van der Waals surface area contributed by atoms with E-state index in [1.165, 1.54) is 315 Å². The van der Waals surface area contributed by atoms with Crippen molar-refractivity contribution >= 4 is 39.5 Å². The number of ether oxygens (including phenoxy) is 4. The van der Waals surface area contributed by atoms with Crippen molar-refractivity contribution in [2.45, 2.75) is 502 Å². The first-order valence-electron chi connectivity index (χ1n) is 45.8. The Bertz CT molecular complexity index is 2020. The van der Waals surface area contributed by atoms with Gasteiger partial charge in [-0.25, -0.2) is 9.13 Å². The van der Waals surface area contributed by atoms with E-state index in [-0.39, 0.29) is 25.7 Å². The van der Waals surface area contributed by atoms with Gasteiger partial charge in [0.25, 0.3) is 0 Å². The Morgan fingerprint density at radius 2 is 0.374 bits per heavy atom. The highest BCUT2D eigenvalue weighted by molar-refractivity contribution is 7.47. The Kier molecular flexibility index (Phi) is 80.6. The first-order valence-corrected chi connectivity index (χ1v) is 48.8. The molecule has 0 radical (unpaired) electrons. The molecule has 5 atom stereocenters. The van der Waals surface area contributed by atoms with E-state index in [0.717, 1.165) is 89.9 Å². The first-order chi connectivity index (χ1) is 52.2. The number of carbonyl (C=O) groups is 4. The average molecular weight is 1560 g/mol. The zero-order valence-electron chi connectivity index (χ0n) is 70.1.